The van der Waals surface area contributed by atoms with Crippen LogP contribution in [0.15, 0.2) is 24.5 Å². The largest absolute Gasteiger partial charge is 0.347 e. The standard InChI is InChI=1S/C17H22N6O2/c24-16(22-7-3-8-22)12-21-6-1-4-13(11-21)19-17(25)14-10-15-18-5-2-9-23(15)20-14/h2,5,9-10,13H,1,3-4,6-8,11-12H2,(H,19,25). The lowest BCUT2D eigenvalue weighted by molar-refractivity contribution is -0.136. The fraction of sp³-hybridized carbons (Fsp3) is 0.529. The Bertz CT molecular complexity index is 751. The van der Waals surface area contributed by atoms with Gasteiger partial charge in [0.25, 0.3) is 5.91 Å². The van der Waals surface area contributed by atoms with E-state index in [9.17, 15) is 9.59 Å². The molecular formula is C17H22N6O2. The highest BCUT2D eigenvalue weighted by molar-refractivity contribution is 5.93. The van der Waals surface area contributed by atoms with Gasteiger partial charge in [-0.1, -0.05) is 0 Å². The number of hydrogen-bond acceptors (Lipinski definition) is 5. The van der Waals surface area contributed by atoms with Crippen molar-refractivity contribution >= 4 is 17.5 Å². The van der Waals surface area contributed by atoms with Crippen LogP contribution >= 0.6 is 0 Å². The van der Waals surface area contributed by atoms with Crippen molar-refractivity contribution in [1.29, 1.82) is 0 Å². The monoisotopic (exact) mass is 342 g/mol. The first-order valence-electron chi connectivity index (χ1n) is 8.80. The molecule has 1 unspecified atom stereocenters. The number of hydrogen-bond donors (Lipinski definition) is 1. The first kappa shape index (κ1) is 16.0. The van der Waals surface area contributed by atoms with Crippen LogP contribution < -0.4 is 5.32 Å². The SMILES string of the molecule is O=C(NC1CCCN(CC(=O)N2CCC2)C1)c1cc2ncccn2n1. The molecular weight excluding hydrogens is 320 g/mol. The first-order chi connectivity index (χ1) is 12.2. The Morgan fingerprint density at radius 1 is 1.24 bits per heavy atom. The van der Waals surface area contributed by atoms with Gasteiger partial charge >= 0.3 is 0 Å². The van der Waals surface area contributed by atoms with Gasteiger partial charge in [0.15, 0.2) is 11.3 Å². The quantitative estimate of drug-likeness (QED) is 0.856. The number of piperidine rings is 1. The summed E-state index contributed by atoms with van der Waals surface area (Å²) in [4.78, 5) is 32.8. The van der Waals surface area contributed by atoms with Gasteiger partial charge in [0, 0.05) is 44.1 Å². The number of rotatable bonds is 4. The van der Waals surface area contributed by atoms with Gasteiger partial charge in [-0.15, -0.1) is 0 Å². The van der Waals surface area contributed by atoms with Gasteiger partial charge in [-0.05, 0) is 31.9 Å². The lowest BCUT2D eigenvalue weighted by Crippen LogP contribution is -2.52. The van der Waals surface area contributed by atoms with Crippen molar-refractivity contribution in [3.8, 4) is 0 Å². The van der Waals surface area contributed by atoms with Crippen molar-refractivity contribution in [1.82, 2.24) is 29.7 Å². The van der Waals surface area contributed by atoms with Crippen LogP contribution in [0.5, 0.6) is 0 Å². The molecule has 2 saturated heterocycles. The molecule has 4 heterocycles. The predicted molar refractivity (Wildman–Crippen MR) is 91.1 cm³/mol. The summed E-state index contributed by atoms with van der Waals surface area (Å²) in [6.07, 6.45) is 6.45. The van der Waals surface area contributed by atoms with Crippen LogP contribution in [0.25, 0.3) is 5.65 Å². The molecule has 25 heavy (non-hydrogen) atoms. The van der Waals surface area contributed by atoms with Crippen molar-refractivity contribution in [2.45, 2.75) is 25.3 Å². The zero-order chi connectivity index (χ0) is 17.2. The number of carbonyl (C=O) groups is 2. The molecule has 1 N–H and O–H groups in total. The average Bonchev–Trinajstić information content (AvgIpc) is 2.97. The molecule has 0 aromatic carbocycles. The molecule has 1 atom stereocenters. The molecule has 0 aliphatic carbocycles. The first-order valence-corrected chi connectivity index (χ1v) is 8.80. The zero-order valence-corrected chi connectivity index (χ0v) is 14.1. The molecule has 2 aliphatic heterocycles. The van der Waals surface area contributed by atoms with E-state index in [1.54, 1.807) is 29.0 Å². The number of aromatic nitrogens is 3. The molecule has 0 spiro atoms. The summed E-state index contributed by atoms with van der Waals surface area (Å²) in [5, 5.41) is 7.30. The number of carbonyl (C=O) groups excluding carboxylic acids is 2. The predicted octanol–water partition coefficient (Wildman–Crippen LogP) is 0.156. The van der Waals surface area contributed by atoms with Crippen molar-refractivity contribution in [2.75, 3.05) is 32.7 Å². The molecule has 4 rings (SSSR count). The Kier molecular flexibility index (Phi) is 4.35. The molecule has 8 heteroatoms. The van der Waals surface area contributed by atoms with Gasteiger partial charge in [-0.25, -0.2) is 9.50 Å². The molecule has 2 aromatic heterocycles. The van der Waals surface area contributed by atoms with Crippen LogP contribution in [0.4, 0.5) is 0 Å². The lowest BCUT2D eigenvalue weighted by atomic mass is 10.1. The van der Waals surface area contributed by atoms with Gasteiger partial charge in [-0.2, -0.15) is 5.10 Å². The van der Waals surface area contributed by atoms with E-state index in [-0.39, 0.29) is 17.9 Å². The maximum atomic E-state index is 12.5. The second kappa shape index (κ2) is 6.79. The summed E-state index contributed by atoms with van der Waals surface area (Å²) in [6, 6.07) is 3.50. The number of fused-ring (bicyclic) bond motifs is 1. The van der Waals surface area contributed by atoms with Crippen LogP contribution in [-0.4, -0.2) is 75.0 Å². The van der Waals surface area contributed by atoms with Crippen LogP contribution in [-0.2, 0) is 4.79 Å². The highest BCUT2D eigenvalue weighted by atomic mass is 16.2. The number of nitrogens with one attached hydrogen (secondary N) is 1. The van der Waals surface area contributed by atoms with Crippen molar-refractivity contribution < 1.29 is 9.59 Å². The maximum Gasteiger partial charge on any atom is 0.272 e. The Morgan fingerprint density at radius 2 is 2.12 bits per heavy atom. The van der Waals surface area contributed by atoms with Gasteiger partial charge in [0.1, 0.15) is 0 Å². The molecule has 0 bridgehead atoms. The summed E-state index contributed by atoms with van der Waals surface area (Å²) in [6.45, 7) is 3.83. The second-order valence-electron chi connectivity index (χ2n) is 6.73. The molecule has 8 nitrogen and oxygen atoms in total. The van der Waals surface area contributed by atoms with E-state index in [0.717, 1.165) is 38.9 Å². The summed E-state index contributed by atoms with van der Waals surface area (Å²) >= 11 is 0. The Balaban J connectivity index is 1.34. The average molecular weight is 342 g/mol. The maximum absolute atomic E-state index is 12.5. The van der Waals surface area contributed by atoms with Crippen molar-refractivity contribution in [2.24, 2.45) is 0 Å². The normalized spacial score (nSPS) is 21.1. The van der Waals surface area contributed by atoms with Crippen molar-refractivity contribution in [3.63, 3.8) is 0 Å². The van der Waals surface area contributed by atoms with Crippen LogP contribution in [0.3, 0.4) is 0 Å². The number of amides is 2. The fourth-order valence-electron chi connectivity index (χ4n) is 3.37. The Morgan fingerprint density at radius 3 is 2.88 bits per heavy atom. The minimum absolute atomic E-state index is 0.0446. The molecule has 2 amide bonds. The summed E-state index contributed by atoms with van der Waals surface area (Å²) in [5.74, 6) is 0.0103. The van der Waals surface area contributed by atoms with Gasteiger partial charge in [-0.3, -0.25) is 14.5 Å². The van der Waals surface area contributed by atoms with Crippen LogP contribution in [0, 0.1) is 0 Å². The fourth-order valence-corrected chi connectivity index (χ4v) is 3.37. The van der Waals surface area contributed by atoms with E-state index in [2.05, 4.69) is 20.3 Å². The highest BCUT2D eigenvalue weighted by Gasteiger charge is 2.27. The van der Waals surface area contributed by atoms with Crippen LogP contribution in [0.1, 0.15) is 29.8 Å². The van der Waals surface area contributed by atoms with Gasteiger partial charge in [0.05, 0.1) is 6.54 Å². The second-order valence-corrected chi connectivity index (χ2v) is 6.73. The van der Waals surface area contributed by atoms with E-state index in [4.69, 9.17) is 0 Å². The zero-order valence-electron chi connectivity index (χ0n) is 14.1. The third kappa shape index (κ3) is 3.48. The van der Waals surface area contributed by atoms with E-state index in [0.29, 0.717) is 24.4 Å². The van der Waals surface area contributed by atoms with E-state index in [1.807, 2.05) is 4.90 Å². The smallest absolute Gasteiger partial charge is 0.272 e. The van der Waals surface area contributed by atoms with Gasteiger partial charge in [0.2, 0.25) is 5.91 Å². The molecule has 2 fully saturated rings. The Hall–Kier alpha value is -2.48. The molecule has 0 radical (unpaired) electrons. The summed E-state index contributed by atoms with van der Waals surface area (Å²) in [5.41, 5.74) is 1.02. The van der Waals surface area contributed by atoms with Crippen LogP contribution in [0.2, 0.25) is 0 Å². The number of likely N-dealkylation sites (tertiary alicyclic amines) is 2. The minimum Gasteiger partial charge on any atom is -0.347 e. The topological polar surface area (TPSA) is 82.8 Å². The molecule has 2 aromatic rings. The third-order valence-electron chi connectivity index (χ3n) is 4.88. The lowest BCUT2D eigenvalue weighted by Gasteiger charge is -2.36. The van der Waals surface area contributed by atoms with E-state index in [1.165, 1.54) is 0 Å². The van der Waals surface area contributed by atoms with Crippen molar-refractivity contribution in [3.05, 3.63) is 30.2 Å². The van der Waals surface area contributed by atoms with E-state index >= 15 is 0 Å². The third-order valence-corrected chi connectivity index (χ3v) is 4.88. The molecule has 0 saturated carbocycles. The van der Waals surface area contributed by atoms with E-state index < -0.39 is 0 Å². The minimum atomic E-state index is -0.189. The Labute approximate surface area is 145 Å². The summed E-state index contributed by atoms with van der Waals surface area (Å²) < 4.78 is 1.59. The highest BCUT2D eigenvalue weighted by Crippen LogP contribution is 2.13. The number of nitrogens with zero attached hydrogens (tertiary/aromatic N) is 5. The summed E-state index contributed by atoms with van der Waals surface area (Å²) in [7, 11) is 0. The molecule has 2 aliphatic rings. The molecule has 132 valence electrons. The van der Waals surface area contributed by atoms with Gasteiger partial charge < -0.3 is 10.2 Å².